The lowest BCUT2D eigenvalue weighted by molar-refractivity contribution is -0.143. The first-order valence-electron chi connectivity index (χ1n) is 6.34. The summed E-state index contributed by atoms with van der Waals surface area (Å²) in [6.45, 7) is 0. The van der Waals surface area contributed by atoms with E-state index >= 15 is 0 Å². The second kappa shape index (κ2) is 6.38. The number of benzene rings is 1. The van der Waals surface area contributed by atoms with Gasteiger partial charge in [-0.1, -0.05) is 6.07 Å². The molecule has 0 fully saturated rings. The molecule has 0 atom stereocenters. The third-order valence-electron chi connectivity index (χ3n) is 2.75. The largest absolute Gasteiger partial charge is 0.416 e. The average Bonchev–Trinajstić information content (AvgIpc) is 2.46. The number of halogens is 6. The van der Waals surface area contributed by atoms with Crippen LogP contribution in [-0.2, 0) is 12.4 Å². The topological polar surface area (TPSA) is 54.0 Å². The maximum absolute atomic E-state index is 12.7. The Labute approximate surface area is 131 Å². The highest BCUT2D eigenvalue weighted by Gasteiger charge is 2.37. The highest BCUT2D eigenvalue weighted by Crippen LogP contribution is 2.37. The van der Waals surface area contributed by atoms with Gasteiger partial charge in [-0.05, 0) is 30.3 Å². The van der Waals surface area contributed by atoms with Gasteiger partial charge in [-0.25, -0.2) is 9.78 Å². The SMILES string of the molecule is O=C(Nc1cc(C(F)(F)F)cc(C(F)(F)F)c1)Nc1ccccn1. The fourth-order valence-corrected chi connectivity index (χ4v) is 1.74. The van der Waals surface area contributed by atoms with E-state index in [2.05, 4.69) is 10.3 Å². The molecule has 2 rings (SSSR count). The normalized spacial score (nSPS) is 11.9. The minimum Gasteiger partial charge on any atom is -0.308 e. The number of urea groups is 1. The Balaban J connectivity index is 2.27. The monoisotopic (exact) mass is 349 g/mol. The number of rotatable bonds is 2. The second-order valence-electron chi connectivity index (χ2n) is 4.59. The van der Waals surface area contributed by atoms with Crippen LogP contribution in [0.5, 0.6) is 0 Å². The molecular weight excluding hydrogens is 340 g/mol. The Bertz CT molecular complexity index is 695. The number of alkyl halides is 6. The van der Waals surface area contributed by atoms with E-state index in [1.165, 1.54) is 18.3 Å². The van der Waals surface area contributed by atoms with Gasteiger partial charge in [0.2, 0.25) is 0 Å². The van der Waals surface area contributed by atoms with Crippen LogP contribution in [0.4, 0.5) is 42.6 Å². The number of nitrogens with one attached hydrogen (secondary N) is 2. The van der Waals surface area contributed by atoms with Crippen molar-refractivity contribution in [3.05, 3.63) is 53.7 Å². The number of hydrogen-bond acceptors (Lipinski definition) is 2. The van der Waals surface area contributed by atoms with Crippen LogP contribution in [0, 0.1) is 0 Å². The minimum atomic E-state index is -4.99. The molecule has 1 aromatic heterocycles. The van der Waals surface area contributed by atoms with Crippen molar-refractivity contribution in [3.63, 3.8) is 0 Å². The quantitative estimate of drug-likeness (QED) is 0.768. The first-order valence-corrected chi connectivity index (χ1v) is 6.34. The maximum atomic E-state index is 12.7. The molecule has 2 amide bonds. The summed E-state index contributed by atoms with van der Waals surface area (Å²) in [6, 6.07) is 4.26. The molecule has 128 valence electrons. The summed E-state index contributed by atoms with van der Waals surface area (Å²) in [4.78, 5) is 15.4. The van der Waals surface area contributed by atoms with E-state index in [1.54, 1.807) is 6.07 Å². The lowest BCUT2D eigenvalue weighted by atomic mass is 10.1. The van der Waals surface area contributed by atoms with Crippen LogP contribution in [0.1, 0.15) is 11.1 Å². The van der Waals surface area contributed by atoms with Gasteiger partial charge in [0.1, 0.15) is 5.82 Å². The Morgan fingerprint density at radius 1 is 0.875 bits per heavy atom. The summed E-state index contributed by atoms with van der Waals surface area (Å²) in [7, 11) is 0. The molecule has 24 heavy (non-hydrogen) atoms. The summed E-state index contributed by atoms with van der Waals surface area (Å²) in [5.41, 5.74) is -3.69. The van der Waals surface area contributed by atoms with Gasteiger partial charge in [-0.3, -0.25) is 5.32 Å². The second-order valence-corrected chi connectivity index (χ2v) is 4.59. The molecule has 0 aliphatic heterocycles. The summed E-state index contributed by atoms with van der Waals surface area (Å²) < 4.78 is 76.3. The van der Waals surface area contributed by atoms with E-state index in [-0.39, 0.29) is 11.9 Å². The highest BCUT2D eigenvalue weighted by molar-refractivity contribution is 5.99. The van der Waals surface area contributed by atoms with Gasteiger partial charge in [0.25, 0.3) is 0 Å². The van der Waals surface area contributed by atoms with Gasteiger partial charge in [-0.15, -0.1) is 0 Å². The molecule has 0 radical (unpaired) electrons. The molecule has 0 saturated heterocycles. The van der Waals surface area contributed by atoms with Gasteiger partial charge in [-0.2, -0.15) is 26.3 Å². The maximum Gasteiger partial charge on any atom is 0.416 e. The van der Waals surface area contributed by atoms with Crippen molar-refractivity contribution in [1.82, 2.24) is 4.98 Å². The van der Waals surface area contributed by atoms with E-state index in [1.807, 2.05) is 5.32 Å². The van der Waals surface area contributed by atoms with Crippen LogP contribution in [0.15, 0.2) is 42.6 Å². The Kier molecular flexibility index (Phi) is 4.67. The Morgan fingerprint density at radius 3 is 1.92 bits per heavy atom. The molecule has 0 spiro atoms. The molecule has 0 bridgehead atoms. The third kappa shape index (κ3) is 4.61. The first kappa shape index (κ1) is 17.6. The predicted octanol–water partition coefficient (Wildman–Crippen LogP) is 4.76. The third-order valence-corrected chi connectivity index (χ3v) is 2.75. The number of nitrogens with zero attached hydrogens (tertiary/aromatic N) is 1. The molecule has 1 heterocycles. The fourth-order valence-electron chi connectivity index (χ4n) is 1.74. The predicted molar refractivity (Wildman–Crippen MR) is 73.3 cm³/mol. The van der Waals surface area contributed by atoms with Crippen LogP contribution in [0.25, 0.3) is 0 Å². The van der Waals surface area contributed by atoms with Crippen molar-refractivity contribution in [2.24, 2.45) is 0 Å². The standard InChI is InChI=1S/C14H9F6N3O/c15-13(16,17)8-5-9(14(18,19)20)7-10(6-8)22-12(24)23-11-3-1-2-4-21-11/h1-7H,(H2,21,22,23,24). The smallest absolute Gasteiger partial charge is 0.308 e. The summed E-state index contributed by atoms with van der Waals surface area (Å²) in [5, 5.41) is 4.11. The molecule has 0 unspecified atom stereocenters. The molecule has 0 aliphatic rings. The molecule has 10 heteroatoms. The number of anilines is 2. The van der Waals surface area contributed by atoms with Crippen molar-refractivity contribution >= 4 is 17.5 Å². The molecular formula is C14H9F6N3O. The van der Waals surface area contributed by atoms with Crippen molar-refractivity contribution in [2.75, 3.05) is 10.6 Å². The molecule has 0 aliphatic carbocycles. The van der Waals surface area contributed by atoms with Crippen molar-refractivity contribution < 1.29 is 31.1 Å². The zero-order chi connectivity index (χ0) is 18.0. The number of carbonyl (C=O) groups excluding carboxylic acids is 1. The van der Waals surface area contributed by atoms with Crippen molar-refractivity contribution in [1.29, 1.82) is 0 Å². The van der Waals surface area contributed by atoms with Gasteiger partial charge in [0, 0.05) is 11.9 Å². The number of aromatic nitrogens is 1. The fraction of sp³-hybridized carbons (Fsp3) is 0.143. The van der Waals surface area contributed by atoms with E-state index in [4.69, 9.17) is 0 Å². The van der Waals surface area contributed by atoms with Crippen molar-refractivity contribution in [2.45, 2.75) is 12.4 Å². The molecule has 4 nitrogen and oxygen atoms in total. The highest BCUT2D eigenvalue weighted by atomic mass is 19.4. The first-order chi connectivity index (χ1) is 11.1. The van der Waals surface area contributed by atoms with Gasteiger partial charge in [0.15, 0.2) is 0 Å². The van der Waals surface area contributed by atoms with Gasteiger partial charge < -0.3 is 5.32 Å². The molecule has 0 saturated carbocycles. The van der Waals surface area contributed by atoms with Gasteiger partial charge >= 0.3 is 18.4 Å². The number of pyridine rings is 1. The van der Waals surface area contributed by atoms with Crippen LogP contribution in [0.2, 0.25) is 0 Å². The lowest BCUT2D eigenvalue weighted by Crippen LogP contribution is -2.21. The summed E-state index contributed by atoms with van der Waals surface area (Å²) in [6.07, 6.45) is -8.63. The molecule has 1 aromatic carbocycles. The summed E-state index contributed by atoms with van der Waals surface area (Å²) in [5.74, 6) is 0.0815. The number of carbonyl (C=O) groups is 1. The minimum absolute atomic E-state index is 0.0260. The lowest BCUT2D eigenvalue weighted by Gasteiger charge is -2.15. The molecule has 2 aromatic rings. The zero-order valence-electron chi connectivity index (χ0n) is 11.7. The average molecular weight is 349 g/mol. The van der Waals surface area contributed by atoms with Crippen LogP contribution < -0.4 is 10.6 Å². The Hall–Kier alpha value is -2.78. The number of hydrogen-bond donors (Lipinski definition) is 2. The van der Waals surface area contributed by atoms with E-state index < -0.39 is 35.2 Å². The van der Waals surface area contributed by atoms with E-state index in [9.17, 15) is 31.1 Å². The van der Waals surface area contributed by atoms with Crippen LogP contribution in [-0.4, -0.2) is 11.0 Å². The number of amides is 2. The van der Waals surface area contributed by atoms with Gasteiger partial charge in [0.05, 0.1) is 11.1 Å². The molecule has 2 N–H and O–H groups in total. The zero-order valence-corrected chi connectivity index (χ0v) is 11.7. The summed E-state index contributed by atoms with van der Waals surface area (Å²) >= 11 is 0. The van der Waals surface area contributed by atoms with Crippen LogP contribution >= 0.6 is 0 Å². The van der Waals surface area contributed by atoms with E-state index in [0.29, 0.717) is 12.1 Å². The van der Waals surface area contributed by atoms with Crippen molar-refractivity contribution in [3.8, 4) is 0 Å². The van der Waals surface area contributed by atoms with Crippen LogP contribution in [0.3, 0.4) is 0 Å². The van der Waals surface area contributed by atoms with E-state index in [0.717, 1.165) is 0 Å². The Morgan fingerprint density at radius 2 is 1.46 bits per heavy atom.